The first-order chi connectivity index (χ1) is 14.7. The van der Waals surface area contributed by atoms with Crippen molar-refractivity contribution in [1.29, 1.82) is 0 Å². The van der Waals surface area contributed by atoms with Gasteiger partial charge >= 0.3 is 6.18 Å². The van der Waals surface area contributed by atoms with Crippen LogP contribution in [0.2, 0.25) is 5.02 Å². The summed E-state index contributed by atoms with van der Waals surface area (Å²) in [5, 5.41) is 26.8. The molecule has 5 nitrogen and oxygen atoms in total. The van der Waals surface area contributed by atoms with E-state index in [2.05, 4.69) is 10.1 Å². The summed E-state index contributed by atoms with van der Waals surface area (Å²) < 4.78 is 41.4. The quantitative estimate of drug-likeness (QED) is 0.518. The Balaban J connectivity index is 1.68. The van der Waals surface area contributed by atoms with Gasteiger partial charge in [-0.3, -0.25) is 0 Å². The highest BCUT2D eigenvalue weighted by atomic mass is 35.5. The smallest absolute Gasteiger partial charge is 0.438 e. The molecule has 0 saturated heterocycles. The number of alkyl halides is 3. The Morgan fingerprint density at radius 2 is 1.81 bits per heavy atom. The minimum atomic E-state index is -4.98. The Labute approximate surface area is 184 Å². The lowest BCUT2D eigenvalue weighted by molar-refractivity contribution is -0.254. The molecule has 1 aliphatic rings. The Morgan fingerprint density at radius 1 is 1.10 bits per heavy atom. The average Bonchev–Trinajstić information content (AvgIpc) is 3.33. The molecule has 0 saturated carbocycles. The van der Waals surface area contributed by atoms with E-state index in [1.165, 1.54) is 18.2 Å². The summed E-state index contributed by atoms with van der Waals surface area (Å²) in [7, 11) is 0. The Morgan fingerprint density at radius 3 is 2.48 bits per heavy atom. The summed E-state index contributed by atoms with van der Waals surface area (Å²) in [5.74, 6) is -0.0205. The van der Waals surface area contributed by atoms with Crippen LogP contribution in [0, 0.1) is 0 Å². The first-order valence-corrected chi connectivity index (χ1v) is 10.3. The van der Waals surface area contributed by atoms with E-state index >= 15 is 0 Å². The molecule has 0 spiro atoms. The van der Waals surface area contributed by atoms with Crippen molar-refractivity contribution in [2.24, 2.45) is 5.10 Å². The molecule has 1 atom stereocenters. The van der Waals surface area contributed by atoms with E-state index in [4.69, 9.17) is 11.6 Å². The van der Waals surface area contributed by atoms with Gasteiger partial charge in [0.1, 0.15) is 5.75 Å². The first kappa shape index (κ1) is 21.4. The van der Waals surface area contributed by atoms with Crippen molar-refractivity contribution in [2.45, 2.75) is 18.3 Å². The molecule has 2 heterocycles. The number of hydrogen-bond acceptors (Lipinski definition) is 6. The molecule has 1 unspecified atom stereocenters. The van der Waals surface area contributed by atoms with Crippen LogP contribution in [0.15, 0.2) is 65.1 Å². The van der Waals surface area contributed by atoms with Crippen molar-refractivity contribution in [3.05, 3.63) is 70.6 Å². The number of aliphatic hydroxyl groups is 1. The molecule has 31 heavy (non-hydrogen) atoms. The number of nitrogens with zero attached hydrogens (tertiary/aromatic N) is 3. The molecule has 2 aromatic carbocycles. The van der Waals surface area contributed by atoms with Gasteiger partial charge in [-0.15, -0.1) is 11.3 Å². The monoisotopic (exact) mass is 465 g/mol. The lowest BCUT2D eigenvalue weighted by Gasteiger charge is -2.32. The molecule has 10 heteroatoms. The number of phenolic OH excluding ortho intramolecular Hbond substituents is 1. The van der Waals surface area contributed by atoms with Gasteiger partial charge in [0.2, 0.25) is 5.13 Å². The van der Waals surface area contributed by atoms with Crippen LogP contribution in [-0.2, 0) is 0 Å². The summed E-state index contributed by atoms with van der Waals surface area (Å²) >= 11 is 6.81. The van der Waals surface area contributed by atoms with Gasteiger partial charge in [-0.2, -0.15) is 23.3 Å². The van der Waals surface area contributed by atoms with Crippen LogP contribution in [0.25, 0.3) is 17.3 Å². The maximum absolute atomic E-state index is 13.8. The van der Waals surface area contributed by atoms with Crippen molar-refractivity contribution in [3.8, 4) is 17.0 Å². The number of rotatable bonds is 4. The number of hydrazone groups is 1. The van der Waals surface area contributed by atoms with Crippen LogP contribution in [0.4, 0.5) is 18.3 Å². The van der Waals surface area contributed by atoms with Gasteiger partial charge in [0, 0.05) is 21.5 Å². The molecule has 0 radical (unpaired) electrons. The first-order valence-electron chi connectivity index (χ1n) is 9.02. The molecule has 0 amide bonds. The summed E-state index contributed by atoms with van der Waals surface area (Å²) in [4.78, 5) is 4.24. The predicted molar refractivity (Wildman–Crippen MR) is 115 cm³/mol. The predicted octanol–water partition coefficient (Wildman–Crippen LogP) is 5.70. The number of hydrogen-bond donors (Lipinski definition) is 2. The molecule has 3 aromatic rings. The normalized spacial score (nSPS) is 19.3. The highest BCUT2D eigenvalue weighted by Crippen LogP contribution is 2.44. The van der Waals surface area contributed by atoms with Gasteiger partial charge in [-0.05, 0) is 30.4 Å². The molecular weight excluding hydrogens is 451 g/mol. The number of thiazole rings is 1. The maximum atomic E-state index is 13.8. The molecule has 0 aliphatic carbocycles. The molecule has 1 aliphatic heterocycles. The number of phenols is 1. The Hall–Kier alpha value is -2.88. The zero-order valence-electron chi connectivity index (χ0n) is 15.7. The van der Waals surface area contributed by atoms with Crippen molar-refractivity contribution in [3.63, 3.8) is 0 Å². The largest absolute Gasteiger partial charge is 0.507 e. The number of aromatic nitrogens is 1. The molecule has 0 fully saturated rings. The fraction of sp³-hybridized carbons (Fsp3) is 0.143. The Kier molecular flexibility index (Phi) is 5.50. The van der Waals surface area contributed by atoms with Crippen LogP contribution < -0.4 is 5.01 Å². The molecule has 0 bridgehead atoms. The van der Waals surface area contributed by atoms with Crippen LogP contribution in [0.1, 0.15) is 12.0 Å². The van der Waals surface area contributed by atoms with E-state index in [0.29, 0.717) is 26.9 Å². The minimum Gasteiger partial charge on any atom is -0.507 e. The van der Waals surface area contributed by atoms with Crippen molar-refractivity contribution >= 4 is 39.9 Å². The van der Waals surface area contributed by atoms with E-state index in [9.17, 15) is 23.4 Å². The van der Waals surface area contributed by atoms with Gasteiger partial charge in [0.25, 0.3) is 5.72 Å². The fourth-order valence-corrected chi connectivity index (χ4v) is 3.99. The molecular formula is C21H15ClF3N3O2S. The van der Waals surface area contributed by atoms with Crippen LogP contribution in [0.5, 0.6) is 5.75 Å². The number of anilines is 1. The third kappa shape index (κ3) is 4.16. The van der Waals surface area contributed by atoms with Crippen LogP contribution >= 0.6 is 22.9 Å². The second-order valence-corrected chi connectivity index (χ2v) is 8.08. The summed E-state index contributed by atoms with van der Waals surface area (Å²) in [5.41, 5.74) is -1.72. The van der Waals surface area contributed by atoms with Gasteiger partial charge in [0.15, 0.2) is 0 Å². The average molecular weight is 466 g/mol. The highest BCUT2D eigenvalue weighted by Gasteiger charge is 2.62. The number of benzene rings is 2. The SMILES string of the molecule is Oc1ccccc1C=CC1=NN(c2nc(-c3ccc(Cl)cc3)cs2)C(O)(C(F)(F)F)C1. The molecule has 1 aromatic heterocycles. The zero-order valence-corrected chi connectivity index (χ0v) is 17.3. The maximum Gasteiger partial charge on any atom is 0.438 e. The fourth-order valence-electron chi connectivity index (χ4n) is 3.02. The van der Waals surface area contributed by atoms with E-state index < -0.39 is 18.3 Å². The summed E-state index contributed by atoms with van der Waals surface area (Å²) in [6.07, 6.45) is -2.99. The Bertz CT molecular complexity index is 1160. The molecule has 160 valence electrons. The second-order valence-electron chi connectivity index (χ2n) is 6.81. The lowest BCUT2D eigenvalue weighted by Crippen LogP contribution is -2.55. The van der Waals surface area contributed by atoms with Gasteiger partial charge in [-0.25, -0.2) is 4.98 Å². The third-order valence-corrected chi connectivity index (χ3v) is 5.73. The van der Waals surface area contributed by atoms with Gasteiger partial charge < -0.3 is 10.2 Å². The van der Waals surface area contributed by atoms with E-state index in [1.807, 2.05) is 0 Å². The van der Waals surface area contributed by atoms with Crippen molar-refractivity contribution in [2.75, 3.05) is 5.01 Å². The van der Waals surface area contributed by atoms with E-state index in [0.717, 1.165) is 11.3 Å². The van der Waals surface area contributed by atoms with E-state index in [1.54, 1.807) is 47.8 Å². The van der Waals surface area contributed by atoms with Crippen molar-refractivity contribution in [1.82, 2.24) is 4.98 Å². The third-order valence-electron chi connectivity index (χ3n) is 4.67. The lowest BCUT2D eigenvalue weighted by atomic mass is 10.1. The number of allylic oxidation sites excluding steroid dienone is 1. The highest BCUT2D eigenvalue weighted by molar-refractivity contribution is 7.14. The number of aromatic hydroxyl groups is 1. The summed E-state index contributed by atoms with van der Waals surface area (Å²) in [6.45, 7) is 0. The number of para-hydroxylation sites is 1. The standard InChI is InChI=1S/C21H15ClF3N3O2S/c22-15-8-5-13(6-9-15)17-12-31-19(26-17)28-20(30,21(23,24)25)11-16(27-28)10-7-14-3-1-2-4-18(14)29/h1-10,12,29-30H,11H2. The zero-order chi connectivity index (χ0) is 22.2. The van der Waals surface area contributed by atoms with Gasteiger partial charge in [0.05, 0.1) is 17.8 Å². The van der Waals surface area contributed by atoms with Crippen LogP contribution in [-0.4, -0.2) is 32.8 Å². The molecule has 2 N–H and O–H groups in total. The second kappa shape index (κ2) is 7.99. The minimum absolute atomic E-state index is 0.00804. The van der Waals surface area contributed by atoms with E-state index in [-0.39, 0.29) is 16.6 Å². The van der Waals surface area contributed by atoms with Gasteiger partial charge in [-0.1, -0.05) is 41.9 Å². The summed E-state index contributed by atoms with van der Waals surface area (Å²) in [6, 6.07) is 13.1. The number of halogens is 4. The van der Waals surface area contributed by atoms with Crippen LogP contribution in [0.3, 0.4) is 0 Å². The van der Waals surface area contributed by atoms with Crippen molar-refractivity contribution < 1.29 is 23.4 Å². The topological polar surface area (TPSA) is 69.0 Å². The molecule has 4 rings (SSSR count).